The number of nitrogens with zero attached hydrogens (tertiary/aromatic N) is 2. The highest BCUT2D eigenvalue weighted by molar-refractivity contribution is 7.10. The van der Waals surface area contributed by atoms with Gasteiger partial charge in [-0.1, -0.05) is 6.92 Å². The van der Waals surface area contributed by atoms with Crippen molar-refractivity contribution in [1.29, 1.82) is 0 Å². The quantitative estimate of drug-likeness (QED) is 0.687. The van der Waals surface area contributed by atoms with Crippen LogP contribution in [0.1, 0.15) is 39.8 Å². The van der Waals surface area contributed by atoms with E-state index in [0.717, 1.165) is 36.4 Å². The van der Waals surface area contributed by atoms with Crippen LogP contribution in [0.15, 0.2) is 28.8 Å². The number of aromatic nitrogens is 1. The summed E-state index contributed by atoms with van der Waals surface area (Å²) in [6.07, 6.45) is 6.87. The van der Waals surface area contributed by atoms with Crippen LogP contribution in [-0.4, -0.2) is 16.7 Å². The minimum Gasteiger partial charge on any atom is -0.350 e. The molecule has 110 valence electrons. The average Bonchev–Trinajstić information content (AvgIpc) is 3.05. The van der Waals surface area contributed by atoms with E-state index in [9.17, 15) is 4.79 Å². The van der Waals surface area contributed by atoms with E-state index in [1.807, 2.05) is 35.3 Å². The molecule has 0 spiro atoms. The fourth-order valence-corrected chi connectivity index (χ4v) is 3.94. The lowest BCUT2D eigenvalue weighted by molar-refractivity contribution is 0.0954. The molecule has 5 heteroatoms. The molecule has 4 nitrogen and oxygen atoms in total. The summed E-state index contributed by atoms with van der Waals surface area (Å²) in [6.45, 7) is 2.27. The number of hydrazone groups is 1. The molecule has 2 aromatic heterocycles. The largest absolute Gasteiger partial charge is 0.350 e. The van der Waals surface area contributed by atoms with Crippen molar-refractivity contribution in [1.82, 2.24) is 9.99 Å². The van der Waals surface area contributed by atoms with Crippen molar-refractivity contribution in [2.45, 2.75) is 26.2 Å². The van der Waals surface area contributed by atoms with Gasteiger partial charge in [0.25, 0.3) is 5.91 Å². The second kappa shape index (κ2) is 5.85. The van der Waals surface area contributed by atoms with E-state index in [1.165, 1.54) is 10.4 Å². The molecule has 0 fully saturated rings. The van der Waals surface area contributed by atoms with Gasteiger partial charge in [-0.15, -0.1) is 11.3 Å². The predicted molar refractivity (Wildman–Crippen MR) is 86.0 cm³/mol. The third-order valence-electron chi connectivity index (χ3n) is 3.99. The maximum atomic E-state index is 12.2. The molecule has 1 unspecified atom stereocenters. The van der Waals surface area contributed by atoms with E-state index in [-0.39, 0.29) is 5.91 Å². The van der Waals surface area contributed by atoms with Gasteiger partial charge in [0.2, 0.25) is 0 Å². The summed E-state index contributed by atoms with van der Waals surface area (Å²) in [6, 6.07) is 3.89. The molecule has 0 saturated heterocycles. The molecule has 1 aliphatic carbocycles. The molecule has 2 aromatic rings. The monoisotopic (exact) mass is 301 g/mol. The van der Waals surface area contributed by atoms with E-state index >= 15 is 0 Å². The summed E-state index contributed by atoms with van der Waals surface area (Å²) in [7, 11) is 1.94. The fraction of sp³-hybridized carbons (Fsp3) is 0.375. The van der Waals surface area contributed by atoms with Gasteiger partial charge in [0.05, 0.1) is 17.5 Å². The molecule has 0 aromatic carbocycles. The van der Waals surface area contributed by atoms with Gasteiger partial charge in [-0.25, -0.2) is 5.43 Å². The van der Waals surface area contributed by atoms with E-state index in [1.54, 1.807) is 17.6 Å². The molecule has 3 rings (SSSR count). The predicted octanol–water partition coefficient (Wildman–Crippen LogP) is 2.98. The summed E-state index contributed by atoms with van der Waals surface area (Å²) < 4.78 is 1.95. The van der Waals surface area contributed by atoms with Crippen LogP contribution < -0.4 is 5.43 Å². The third kappa shape index (κ3) is 2.93. The first-order valence-electron chi connectivity index (χ1n) is 7.19. The number of nitrogens with one attached hydrogen (secondary N) is 1. The number of thiophene rings is 1. The van der Waals surface area contributed by atoms with Crippen LogP contribution in [0.5, 0.6) is 0 Å². The van der Waals surface area contributed by atoms with Crippen molar-refractivity contribution in [3.05, 3.63) is 45.4 Å². The number of amides is 1. The highest BCUT2D eigenvalue weighted by atomic mass is 32.1. The molecule has 1 atom stereocenters. The zero-order chi connectivity index (χ0) is 14.8. The van der Waals surface area contributed by atoms with Gasteiger partial charge in [0.1, 0.15) is 0 Å². The van der Waals surface area contributed by atoms with Crippen LogP contribution >= 0.6 is 11.3 Å². The number of hydrogen-bond donors (Lipinski definition) is 1. The van der Waals surface area contributed by atoms with Gasteiger partial charge < -0.3 is 4.57 Å². The standard InChI is InChI=1S/C16H19N3OS/c1-11-5-6-13-14(10-21-15(13)8-11)16(20)18-17-9-12-4-3-7-19(12)2/h3-4,7,9-11H,5-6,8H2,1-2H3,(H,18,20). The lowest BCUT2D eigenvalue weighted by Gasteiger charge is -2.18. The molecule has 2 heterocycles. The van der Waals surface area contributed by atoms with Crippen LogP contribution in [0.4, 0.5) is 0 Å². The molecule has 0 aliphatic heterocycles. The minimum atomic E-state index is -0.104. The fourth-order valence-electron chi connectivity index (χ4n) is 2.69. The zero-order valence-electron chi connectivity index (χ0n) is 12.3. The highest BCUT2D eigenvalue weighted by Gasteiger charge is 2.22. The van der Waals surface area contributed by atoms with Gasteiger partial charge in [0, 0.05) is 23.5 Å². The molecule has 0 saturated carbocycles. The Morgan fingerprint density at radius 2 is 2.43 bits per heavy atom. The van der Waals surface area contributed by atoms with E-state index < -0.39 is 0 Å². The number of hydrogen-bond acceptors (Lipinski definition) is 3. The molecular formula is C16H19N3OS. The van der Waals surface area contributed by atoms with Gasteiger partial charge in [-0.05, 0) is 42.9 Å². The summed E-state index contributed by atoms with van der Waals surface area (Å²) >= 11 is 1.70. The first-order chi connectivity index (χ1) is 10.1. The molecule has 1 N–H and O–H groups in total. The number of rotatable bonds is 3. The number of aryl methyl sites for hydroxylation is 1. The van der Waals surface area contributed by atoms with Crippen molar-refractivity contribution in [3.63, 3.8) is 0 Å². The Morgan fingerprint density at radius 1 is 1.57 bits per heavy atom. The smallest absolute Gasteiger partial charge is 0.272 e. The van der Waals surface area contributed by atoms with Gasteiger partial charge in [-0.3, -0.25) is 4.79 Å². The zero-order valence-corrected chi connectivity index (χ0v) is 13.1. The number of carbonyl (C=O) groups is 1. The number of fused-ring (bicyclic) bond motifs is 1. The van der Waals surface area contributed by atoms with Crippen molar-refractivity contribution < 1.29 is 4.79 Å². The second-order valence-corrected chi connectivity index (χ2v) is 6.61. The molecule has 0 radical (unpaired) electrons. The van der Waals surface area contributed by atoms with Crippen LogP contribution in [0, 0.1) is 5.92 Å². The summed E-state index contributed by atoms with van der Waals surface area (Å²) in [5.74, 6) is 0.620. The Bertz CT molecular complexity index is 684. The Labute approximate surface area is 128 Å². The van der Waals surface area contributed by atoms with E-state index in [2.05, 4.69) is 17.5 Å². The van der Waals surface area contributed by atoms with Crippen molar-refractivity contribution in [3.8, 4) is 0 Å². The summed E-state index contributed by atoms with van der Waals surface area (Å²) in [4.78, 5) is 13.6. The Kier molecular flexibility index (Phi) is 3.92. The SMILES string of the molecule is CC1CCc2c(C(=O)NN=Cc3cccn3C)csc2C1. The van der Waals surface area contributed by atoms with Gasteiger partial charge in [-0.2, -0.15) is 5.10 Å². The minimum absolute atomic E-state index is 0.104. The first-order valence-corrected chi connectivity index (χ1v) is 8.07. The second-order valence-electron chi connectivity index (χ2n) is 5.64. The lowest BCUT2D eigenvalue weighted by Crippen LogP contribution is -2.20. The van der Waals surface area contributed by atoms with Crippen molar-refractivity contribution in [2.75, 3.05) is 0 Å². The van der Waals surface area contributed by atoms with E-state index in [0.29, 0.717) is 0 Å². The van der Waals surface area contributed by atoms with Gasteiger partial charge in [0.15, 0.2) is 0 Å². The summed E-state index contributed by atoms with van der Waals surface area (Å²) in [5.41, 5.74) is 5.61. The van der Waals surface area contributed by atoms with Crippen LogP contribution in [0.3, 0.4) is 0 Å². The third-order valence-corrected chi connectivity index (χ3v) is 5.04. The topological polar surface area (TPSA) is 46.4 Å². The van der Waals surface area contributed by atoms with Crippen LogP contribution in [0.25, 0.3) is 0 Å². The number of carbonyl (C=O) groups excluding carboxylic acids is 1. The Hall–Kier alpha value is -1.88. The maximum absolute atomic E-state index is 12.2. The Morgan fingerprint density at radius 3 is 3.19 bits per heavy atom. The van der Waals surface area contributed by atoms with Crippen LogP contribution in [-0.2, 0) is 19.9 Å². The molecule has 1 amide bonds. The van der Waals surface area contributed by atoms with Crippen molar-refractivity contribution >= 4 is 23.5 Å². The first kappa shape index (κ1) is 14.1. The molecule has 21 heavy (non-hydrogen) atoms. The van der Waals surface area contributed by atoms with E-state index in [4.69, 9.17) is 0 Å². The van der Waals surface area contributed by atoms with Crippen LogP contribution in [0.2, 0.25) is 0 Å². The average molecular weight is 301 g/mol. The maximum Gasteiger partial charge on any atom is 0.272 e. The Balaban J connectivity index is 1.69. The van der Waals surface area contributed by atoms with Gasteiger partial charge >= 0.3 is 0 Å². The molecule has 0 bridgehead atoms. The highest BCUT2D eigenvalue weighted by Crippen LogP contribution is 2.32. The summed E-state index contributed by atoms with van der Waals surface area (Å²) in [5, 5.41) is 6.02. The molecular weight excluding hydrogens is 282 g/mol. The normalized spacial score (nSPS) is 17.9. The van der Waals surface area contributed by atoms with Crippen molar-refractivity contribution in [2.24, 2.45) is 18.1 Å². The lowest BCUT2D eigenvalue weighted by atomic mass is 9.88. The molecule has 1 aliphatic rings.